The molecule has 1 atom stereocenters. The Morgan fingerprint density at radius 2 is 1.33 bits per heavy atom. The topological polar surface area (TPSA) is 63.4 Å². The number of halogens is 3. The lowest BCUT2D eigenvalue weighted by atomic mass is 9.72. The highest BCUT2D eigenvalue weighted by Gasteiger charge is 2.37. The smallest absolute Gasteiger partial charge is 0.176 e. The summed E-state index contributed by atoms with van der Waals surface area (Å²) in [6.45, 7) is 9.16. The molecule has 1 saturated heterocycles. The number of hydrogen-bond donors (Lipinski definition) is 1. The largest absolute Gasteiger partial charge is 0.321 e. The van der Waals surface area contributed by atoms with E-state index in [1.165, 1.54) is 0 Å². The maximum atomic E-state index is 14.0. The van der Waals surface area contributed by atoms with Crippen molar-refractivity contribution in [1.29, 1.82) is 0 Å². The molecule has 1 aliphatic rings. The van der Waals surface area contributed by atoms with E-state index in [1.807, 2.05) is 24.3 Å². The second-order valence-electron chi connectivity index (χ2n) is 11.1. The summed E-state index contributed by atoms with van der Waals surface area (Å²) >= 11 is 6.17. The van der Waals surface area contributed by atoms with Gasteiger partial charge in [-0.25, -0.2) is 17.2 Å². The molecule has 1 unspecified atom stereocenters. The zero-order chi connectivity index (χ0) is 28.7. The standard InChI is InChI=1S/C31H35ClF2N2O2S/c1-19(2)31(35,20(3)4)25-10-6-21(7-11-25)29(22-8-12-26(32)13-9-22)36-17-24(18-36)30(39(5,37)38)23-14-27(33)16-28(34)15-23/h6-16,19-20,29H,17-18,35H2,1-5H3. The van der Waals surface area contributed by atoms with E-state index in [1.54, 1.807) is 0 Å². The Bertz CT molecular complexity index is 1450. The van der Waals surface area contributed by atoms with Gasteiger partial charge < -0.3 is 5.73 Å². The summed E-state index contributed by atoms with van der Waals surface area (Å²) in [5, 5.41) is 0.617. The third-order valence-electron chi connectivity index (χ3n) is 7.79. The summed E-state index contributed by atoms with van der Waals surface area (Å²) in [5.41, 5.74) is 10.1. The number of sulfone groups is 1. The summed E-state index contributed by atoms with van der Waals surface area (Å²) in [5.74, 6) is -1.16. The van der Waals surface area contributed by atoms with Crippen LogP contribution in [0.3, 0.4) is 0 Å². The normalized spacial score (nSPS) is 15.5. The zero-order valence-electron chi connectivity index (χ0n) is 22.9. The lowest BCUT2D eigenvalue weighted by Gasteiger charge is -2.42. The van der Waals surface area contributed by atoms with Crippen LogP contribution in [0.2, 0.25) is 5.02 Å². The van der Waals surface area contributed by atoms with Crippen LogP contribution >= 0.6 is 11.6 Å². The van der Waals surface area contributed by atoms with Crippen LogP contribution < -0.4 is 5.73 Å². The second kappa shape index (κ2) is 11.1. The minimum atomic E-state index is -3.75. The molecule has 0 spiro atoms. The molecule has 3 aromatic rings. The van der Waals surface area contributed by atoms with Gasteiger partial charge in [-0.3, -0.25) is 4.90 Å². The molecule has 1 aliphatic heterocycles. The fraction of sp³-hybridized carbons (Fsp3) is 0.355. The van der Waals surface area contributed by atoms with Crippen molar-refractivity contribution in [1.82, 2.24) is 4.90 Å². The second-order valence-corrected chi connectivity index (χ2v) is 13.5. The highest BCUT2D eigenvalue weighted by atomic mass is 35.5. The van der Waals surface area contributed by atoms with Gasteiger partial charge in [0.1, 0.15) is 11.6 Å². The van der Waals surface area contributed by atoms with Crippen LogP contribution in [0.1, 0.15) is 56.0 Å². The number of benzene rings is 3. The van der Waals surface area contributed by atoms with Gasteiger partial charge >= 0.3 is 0 Å². The van der Waals surface area contributed by atoms with Gasteiger partial charge in [0.2, 0.25) is 0 Å². The SMILES string of the molecule is CC(C)C(N)(c1ccc(C(c2ccc(Cl)cc2)N2CC(=C(c3cc(F)cc(F)c3)S(C)(=O)=O)C2)cc1)C(C)C. The van der Waals surface area contributed by atoms with Crippen molar-refractivity contribution in [2.75, 3.05) is 19.3 Å². The lowest BCUT2D eigenvalue weighted by molar-refractivity contribution is 0.202. The Balaban J connectivity index is 1.74. The van der Waals surface area contributed by atoms with E-state index >= 15 is 0 Å². The van der Waals surface area contributed by atoms with Crippen LogP contribution in [-0.2, 0) is 15.4 Å². The lowest BCUT2D eigenvalue weighted by Crippen LogP contribution is -2.47. The van der Waals surface area contributed by atoms with Gasteiger partial charge in [-0.2, -0.15) is 0 Å². The predicted octanol–water partition coefficient (Wildman–Crippen LogP) is 6.95. The number of hydrogen-bond acceptors (Lipinski definition) is 4. The Hall–Kier alpha value is -2.58. The zero-order valence-corrected chi connectivity index (χ0v) is 24.5. The summed E-state index contributed by atoms with van der Waals surface area (Å²) in [7, 11) is -3.75. The fourth-order valence-electron chi connectivity index (χ4n) is 5.68. The fourth-order valence-corrected chi connectivity index (χ4v) is 7.01. The molecule has 0 radical (unpaired) electrons. The van der Waals surface area contributed by atoms with E-state index in [2.05, 4.69) is 56.9 Å². The van der Waals surface area contributed by atoms with Crippen molar-refractivity contribution in [3.05, 3.63) is 111 Å². The molecule has 4 rings (SSSR count). The highest BCUT2D eigenvalue weighted by Crippen LogP contribution is 2.40. The van der Waals surface area contributed by atoms with Crippen molar-refractivity contribution in [3.63, 3.8) is 0 Å². The number of rotatable bonds is 8. The van der Waals surface area contributed by atoms with Gasteiger partial charge in [0.15, 0.2) is 9.84 Å². The molecule has 1 heterocycles. The van der Waals surface area contributed by atoms with Crippen molar-refractivity contribution >= 4 is 26.3 Å². The van der Waals surface area contributed by atoms with Gasteiger partial charge in [0, 0.05) is 36.0 Å². The van der Waals surface area contributed by atoms with Gasteiger partial charge in [-0.15, -0.1) is 0 Å². The summed E-state index contributed by atoms with van der Waals surface area (Å²) < 4.78 is 53.4. The van der Waals surface area contributed by atoms with E-state index in [-0.39, 0.29) is 28.3 Å². The molecule has 39 heavy (non-hydrogen) atoms. The first kappa shape index (κ1) is 29.4. The first-order chi connectivity index (χ1) is 18.2. The molecule has 3 aromatic carbocycles. The van der Waals surface area contributed by atoms with Crippen LogP contribution in [-0.4, -0.2) is 32.7 Å². The summed E-state index contributed by atoms with van der Waals surface area (Å²) in [4.78, 5) is 2.11. The van der Waals surface area contributed by atoms with Crippen molar-refractivity contribution in [3.8, 4) is 0 Å². The number of likely N-dealkylation sites (tertiary alicyclic amines) is 1. The number of nitrogens with two attached hydrogens (primary N) is 1. The molecule has 2 N–H and O–H groups in total. The van der Waals surface area contributed by atoms with E-state index in [0.29, 0.717) is 23.7 Å². The first-order valence-electron chi connectivity index (χ1n) is 13.0. The van der Waals surface area contributed by atoms with Gasteiger partial charge in [-0.05, 0) is 63.9 Å². The minimum absolute atomic E-state index is 0.0239. The Morgan fingerprint density at radius 3 is 1.77 bits per heavy atom. The summed E-state index contributed by atoms with van der Waals surface area (Å²) in [6.07, 6.45) is 1.07. The maximum absolute atomic E-state index is 14.0. The van der Waals surface area contributed by atoms with E-state index in [4.69, 9.17) is 17.3 Å². The molecule has 0 bridgehead atoms. The molecule has 208 valence electrons. The Labute approximate surface area is 235 Å². The first-order valence-corrected chi connectivity index (χ1v) is 15.3. The maximum Gasteiger partial charge on any atom is 0.176 e. The highest BCUT2D eigenvalue weighted by molar-refractivity contribution is 8.00. The minimum Gasteiger partial charge on any atom is -0.321 e. The van der Waals surface area contributed by atoms with Crippen LogP contribution in [0.4, 0.5) is 8.78 Å². The molecular formula is C31H35ClF2N2O2S. The Morgan fingerprint density at radius 1 is 0.872 bits per heavy atom. The molecule has 0 amide bonds. The quantitative estimate of drug-likeness (QED) is 0.317. The molecule has 0 saturated carbocycles. The number of nitrogens with zero attached hydrogens (tertiary/aromatic N) is 1. The van der Waals surface area contributed by atoms with Crippen molar-refractivity contribution < 1.29 is 17.2 Å². The van der Waals surface area contributed by atoms with E-state index in [0.717, 1.165) is 41.1 Å². The average Bonchev–Trinajstić information content (AvgIpc) is 2.81. The van der Waals surface area contributed by atoms with Crippen LogP contribution in [0.25, 0.3) is 4.91 Å². The molecule has 8 heteroatoms. The molecule has 0 aliphatic carbocycles. The van der Waals surface area contributed by atoms with Crippen LogP contribution in [0.5, 0.6) is 0 Å². The predicted molar refractivity (Wildman–Crippen MR) is 155 cm³/mol. The van der Waals surface area contributed by atoms with Crippen molar-refractivity contribution in [2.24, 2.45) is 17.6 Å². The van der Waals surface area contributed by atoms with Gasteiger partial charge in [0.25, 0.3) is 0 Å². The van der Waals surface area contributed by atoms with E-state index in [9.17, 15) is 17.2 Å². The monoisotopic (exact) mass is 572 g/mol. The summed E-state index contributed by atoms with van der Waals surface area (Å²) in [6, 6.07) is 18.5. The Kier molecular flexibility index (Phi) is 8.39. The third-order valence-corrected chi connectivity index (χ3v) is 9.31. The van der Waals surface area contributed by atoms with E-state index < -0.39 is 27.0 Å². The van der Waals surface area contributed by atoms with Crippen LogP contribution in [0, 0.1) is 23.5 Å². The van der Waals surface area contributed by atoms with Crippen molar-refractivity contribution in [2.45, 2.75) is 39.3 Å². The molecule has 0 aromatic heterocycles. The third kappa shape index (κ3) is 5.97. The molecule has 4 nitrogen and oxygen atoms in total. The van der Waals surface area contributed by atoms with Crippen LogP contribution in [0.15, 0.2) is 72.3 Å². The molecular weight excluding hydrogens is 538 g/mol. The average molecular weight is 573 g/mol. The van der Waals surface area contributed by atoms with Gasteiger partial charge in [0.05, 0.1) is 10.9 Å². The van der Waals surface area contributed by atoms with Gasteiger partial charge in [-0.1, -0.05) is 75.7 Å². The molecule has 1 fully saturated rings.